The van der Waals surface area contributed by atoms with E-state index in [2.05, 4.69) is 5.32 Å². The van der Waals surface area contributed by atoms with Gasteiger partial charge >= 0.3 is 5.97 Å². The Kier molecular flexibility index (Phi) is 3.43. The molecule has 0 atom stereocenters. The molecule has 2 N–H and O–H groups in total. The van der Waals surface area contributed by atoms with Crippen LogP contribution in [0.25, 0.3) is 5.69 Å². The van der Waals surface area contributed by atoms with Crippen molar-refractivity contribution in [3.8, 4) is 5.69 Å². The molecule has 2 rings (SSSR count). The van der Waals surface area contributed by atoms with E-state index in [1.807, 2.05) is 29.1 Å². The molecule has 92 valence electrons. The van der Waals surface area contributed by atoms with E-state index >= 15 is 0 Å². The average molecular weight is 244 g/mol. The van der Waals surface area contributed by atoms with Gasteiger partial charge in [-0.2, -0.15) is 0 Å². The lowest BCUT2D eigenvalue weighted by Crippen LogP contribution is -2.29. The Morgan fingerprint density at radius 2 is 1.72 bits per heavy atom. The number of carboxylic acids is 1. The van der Waals surface area contributed by atoms with Crippen molar-refractivity contribution < 1.29 is 14.7 Å². The van der Waals surface area contributed by atoms with Crippen LogP contribution in [0.5, 0.6) is 0 Å². The summed E-state index contributed by atoms with van der Waals surface area (Å²) in [6.07, 6.45) is 3.80. The number of hydrogen-bond acceptors (Lipinski definition) is 2. The van der Waals surface area contributed by atoms with Gasteiger partial charge in [-0.3, -0.25) is 9.59 Å². The summed E-state index contributed by atoms with van der Waals surface area (Å²) in [6.45, 7) is -0.377. The van der Waals surface area contributed by atoms with Crippen molar-refractivity contribution in [2.24, 2.45) is 0 Å². The van der Waals surface area contributed by atoms with Crippen LogP contribution in [0.3, 0.4) is 0 Å². The Morgan fingerprint density at radius 1 is 1.11 bits per heavy atom. The van der Waals surface area contributed by atoms with Crippen LogP contribution in [0.1, 0.15) is 10.4 Å². The van der Waals surface area contributed by atoms with E-state index in [4.69, 9.17) is 5.11 Å². The highest BCUT2D eigenvalue weighted by atomic mass is 16.4. The van der Waals surface area contributed by atoms with Crippen molar-refractivity contribution in [2.45, 2.75) is 0 Å². The highest BCUT2D eigenvalue weighted by Crippen LogP contribution is 2.09. The van der Waals surface area contributed by atoms with E-state index in [9.17, 15) is 9.59 Å². The second kappa shape index (κ2) is 5.18. The molecule has 0 aliphatic carbocycles. The summed E-state index contributed by atoms with van der Waals surface area (Å²) in [6, 6.07) is 10.7. The van der Waals surface area contributed by atoms with Crippen LogP contribution >= 0.6 is 0 Å². The first kappa shape index (κ1) is 11.9. The van der Waals surface area contributed by atoms with Crippen molar-refractivity contribution in [1.82, 2.24) is 9.88 Å². The fourth-order valence-electron chi connectivity index (χ4n) is 1.55. The normalized spacial score (nSPS) is 10.0. The monoisotopic (exact) mass is 244 g/mol. The molecule has 0 saturated carbocycles. The lowest BCUT2D eigenvalue weighted by Gasteiger charge is -2.05. The first-order valence-electron chi connectivity index (χ1n) is 5.40. The van der Waals surface area contributed by atoms with Crippen LogP contribution in [0.4, 0.5) is 0 Å². The van der Waals surface area contributed by atoms with Crippen molar-refractivity contribution in [3.05, 3.63) is 54.4 Å². The third-order valence-corrected chi connectivity index (χ3v) is 2.43. The van der Waals surface area contributed by atoms with Crippen LogP contribution in [-0.2, 0) is 4.79 Å². The van der Waals surface area contributed by atoms with Gasteiger partial charge in [-0.1, -0.05) is 0 Å². The maximum absolute atomic E-state index is 11.6. The van der Waals surface area contributed by atoms with Gasteiger partial charge in [0.2, 0.25) is 0 Å². The first-order chi connectivity index (χ1) is 8.66. The summed E-state index contributed by atoms with van der Waals surface area (Å²) in [7, 11) is 0. The number of aromatic nitrogens is 1. The standard InChI is InChI=1S/C13H12N2O3/c16-12(17)9-14-13(18)10-3-5-11(6-4-10)15-7-1-2-8-15/h1-8H,9H2,(H,14,18)(H,16,17). The molecule has 0 aliphatic heterocycles. The van der Waals surface area contributed by atoms with E-state index in [1.54, 1.807) is 24.3 Å². The Labute approximate surface area is 104 Å². The summed E-state index contributed by atoms with van der Waals surface area (Å²) in [5.74, 6) is -1.45. The minimum Gasteiger partial charge on any atom is -0.480 e. The molecule has 0 radical (unpaired) electrons. The Balaban J connectivity index is 2.08. The summed E-state index contributed by atoms with van der Waals surface area (Å²) in [5.41, 5.74) is 1.38. The lowest BCUT2D eigenvalue weighted by atomic mass is 10.2. The summed E-state index contributed by atoms with van der Waals surface area (Å²) in [5, 5.41) is 10.8. The third kappa shape index (κ3) is 2.76. The Morgan fingerprint density at radius 3 is 2.28 bits per heavy atom. The Bertz CT molecular complexity index is 544. The molecule has 0 spiro atoms. The molecule has 2 aromatic rings. The van der Waals surface area contributed by atoms with E-state index in [0.717, 1.165) is 5.69 Å². The van der Waals surface area contributed by atoms with Gasteiger partial charge in [0.05, 0.1) is 0 Å². The van der Waals surface area contributed by atoms with Crippen LogP contribution < -0.4 is 5.32 Å². The molecule has 5 heteroatoms. The fourth-order valence-corrected chi connectivity index (χ4v) is 1.55. The number of benzene rings is 1. The minimum absolute atomic E-state index is 0.377. The van der Waals surface area contributed by atoms with Gasteiger partial charge in [0, 0.05) is 23.6 Å². The van der Waals surface area contributed by atoms with Crippen LogP contribution in [0.15, 0.2) is 48.8 Å². The number of hydrogen-bond donors (Lipinski definition) is 2. The SMILES string of the molecule is O=C(O)CNC(=O)c1ccc(-n2cccc2)cc1. The zero-order valence-corrected chi connectivity index (χ0v) is 9.54. The molecule has 0 fully saturated rings. The fraction of sp³-hybridized carbons (Fsp3) is 0.0769. The number of carbonyl (C=O) groups excluding carboxylic acids is 1. The maximum Gasteiger partial charge on any atom is 0.322 e. The van der Waals surface area contributed by atoms with E-state index < -0.39 is 11.9 Å². The number of rotatable bonds is 4. The summed E-state index contributed by atoms with van der Waals surface area (Å²) < 4.78 is 1.92. The quantitative estimate of drug-likeness (QED) is 0.851. The van der Waals surface area contributed by atoms with E-state index in [0.29, 0.717) is 5.56 Å². The second-order valence-corrected chi connectivity index (χ2v) is 3.71. The van der Waals surface area contributed by atoms with Gasteiger partial charge in [-0.25, -0.2) is 0 Å². The molecule has 5 nitrogen and oxygen atoms in total. The smallest absolute Gasteiger partial charge is 0.322 e. The van der Waals surface area contributed by atoms with Gasteiger partial charge in [-0.15, -0.1) is 0 Å². The van der Waals surface area contributed by atoms with Crippen LogP contribution in [-0.4, -0.2) is 28.1 Å². The molecular weight excluding hydrogens is 232 g/mol. The molecule has 0 aliphatic rings. The molecule has 18 heavy (non-hydrogen) atoms. The minimum atomic E-state index is -1.06. The van der Waals surface area contributed by atoms with Gasteiger partial charge < -0.3 is 15.0 Å². The number of carboxylic acid groups (broad SMARTS) is 1. The number of carbonyl (C=O) groups is 2. The maximum atomic E-state index is 11.6. The van der Waals surface area contributed by atoms with Gasteiger partial charge in [0.15, 0.2) is 0 Å². The molecule has 0 bridgehead atoms. The number of amides is 1. The van der Waals surface area contributed by atoms with Crippen molar-refractivity contribution >= 4 is 11.9 Å². The van der Waals surface area contributed by atoms with Crippen molar-refractivity contribution in [3.63, 3.8) is 0 Å². The summed E-state index contributed by atoms with van der Waals surface area (Å²) in [4.78, 5) is 21.9. The predicted molar refractivity (Wildman–Crippen MR) is 65.7 cm³/mol. The predicted octanol–water partition coefficient (Wildman–Crippen LogP) is 1.29. The van der Waals surface area contributed by atoms with Crippen molar-refractivity contribution in [2.75, 3.05) is 6.54 Å². The largest absolute Gasteiger partial charge is 0.480 e. The molecular formula is C13H12N2O3. The van der Waals surface area contributed by atoms with Crippen molar-refractivity contribution in [1.29, 1.82) is 0 Å². The molecule has 1 aromatic heterocycles. The Hall–Kier alpha value is -2.56. The van der Waals surface area contributed by atoms with E-state index in [-0.39, 0.29) is 6.54 Å². The molecule has 1 heterocycles. The molecule has 1 aromatic carbocycles. The van der Waals surface area contributed by atoms with E-state index in [1.165, 1.54) is 0 Å². The van der Waals surface area contributed by atoms with Gasteiger partial charge in [0.25, 0.3) is 5.91 Å². The second-order valence-electron chi connectivity index (χ2n) is 3.71. The number of nitrogens with zero attached hydrogens (tertiary/aromatic N) is 1. The molecule has 0 saturated heterocycles. The van der Waals surface area contributed by atoms with Gasteiger partial charge in [-0.05, 0) is 36.4 Å². The average Bonchev–Trinajstić information content (AvgIpc) is 2.90. The number of nitrogens with one attached hydrogen (secondary N) is 1. The molecule has 1 amide bonds. The third-order valence-electron chi connectivity index (χ3n) is 2.43. The summed E-state index contributed by atoms with van der Waals surface area (Å²) >= 11 is 0. The van der Waals surface area contributed by atoms with Crippen LogP contribution in [0.2, 0.25) is 0 Å². The zero-order chi connectivity index (χ0) is 13.0. The lowest BCUT2D eigenvalue weighted by molar-refractivity contribution is -0.135. The highest BCUT2D eigenvalue weighted by molar-refractivity contribution is 5.95. The van der Waals surface area contributed by atoms with Crippen LogP contribution in [0, 0.1) is 0 Å². The topological polar surface area (TPSA) is 71.3 Å². The highest BCUT2D eigenvalue weighted by Gasteiger charge is 2.06. The molecule has 0 unspecified atom stereocenters. The number of aliphatic carboxylic acids is 1. The first-order valence-corrected chi connectivity index (χ1v) is 5.40. The zero-order valence-electron chi connectivity index (χ0n) is 9.54. The van der Waals surface area contributed by atoms with Gasteiger partial charge in [0.1, 0.15) is 6.54 Å².